The Labute approximate surface area is 74.4 Å². The quantitative estimate of drug-likeness (QED) is 0.409. The van der Waals surface area contributed by atoms with E-state index in [1.807, 2.05) is 0 Å². The maximum atomic E-state index is 10.5. The molecule has 11 heavy (non-hydrogen) atoms. The minimum Gasteiger partial charge on any atom is -0.458 e. The number of esters is 1. The number of hydrogen-bond acceptors (Lipinski definition) is 2. The van der Waals surface area contributed by atoms with Gasteiger partial charge in [0.1, 0.15) is 6.61 Å². The van der Waals surface area contributed by atoms with Gasteiger partial charge in [0, 0.05) is 10.6 Å². The molecule has 0 aromatic rings. The van der Waals surface area contributed by atoms with Crippen molar-refractivity contribution in [3.8, 4) is 0 Å². The third-order valence-corrected chi connectivity index (χ3v) is 1.51. The third-order valence-electron chi connectivity index (χ3n) is 0.866. The first-order chi connectivity index (χ1) is 5.20. The van der Waals surface area contributed by atoms with Crippen molar-refractivity contribution in [3.63, 3.8) is 0 Å². The van der Waals surface area contributed by atoms with Crippen molar-refractivity contribution in [1.82, 2.24) is 0 Å². The molecule has 0 aliphatic heterocycles. The molecule has 0 radical (unpaired) electrons. The molecule has 0 aliphatic rings. The van der Waals surface area contributed by atoms with Crippen LogP contribution in [0.25, 0.3) is 0 Å². The van der Waals surface area contributed by atoms with Gasteiger partial charge in [-0.25, -0.2) is 4.79 Å². The second-order valence-corrected chi connectivity index (χ2v) is 2.54. The average Bonchev–Trinajstić information content (AvgIpc) is 2.04. The van der Waals surface area contributed by atoms with Gasteiger partial charge in [-0.3, -0.25) is 0 Å². The Hall–Kier alpha value is -0.830. The fourth-order valence-corrected chi connectivity index (χ4v) is 0.478. The predicted octanol–water partition coefficient (Wildman–Crippen LogP) is 2.18. The molecule has 0 aromatic carbocycles. The summed E-state index contributed by atoms with van der Waals surface area (Å²) in [4.78, 5) is 10.5. The SMILES string of the molecule is C=CC(=O)OC/C=C(\Br)C=C. The molecular formula is C8H9BrO2. The number of allylic oxidation sites excluding steroid dienone is 2. The smallest absolute Gasteiger partial charge is 0.330 e. The minimum atomic E-state index is -0.425. The highest BCUT2D eigenvalue weighted by atomic mass is 79.9. The largest absolute Gasteiger partial charge is 0.458 e. The fraction of sp³-hybridized carbons (Fsp3) is 0.125. The van der Waals surface area contributed by atoms with Crippen LogP contribution in [-0.2, 0) is 9.53 Å². The number of carbonyl (C=O) groups excluding carboxylic acids is 1. The molecule has 3 heteroatoms. The molecule has 0 unspecified atom stereocenters. The van der Waals surface area contributed by atoms with Gasteiger partial charge in [0.25, 0.3) is 0 Å². The molecule has 0 fully saturated rings. The van der Waals surface area contributed by atoms with Crippen molar-refractivity contribution < 1.29 is 9.53 Å². The lowest BCUT2D eigenvalue weighted by Crippen LogP contribution is -1.99. The van der Waals surface area contributed by atoms with Crippen LogP contribution in [0.5, 0.6) is 0 Å². The van der Waals surface area contributed by atoms with E-state index in [4.69, 9.17) is 0 Å². The summed E-state index contributed by atoms with van der Waals surface area (Å²) in [6.45, 7) is 6.99. The van der Waals surface area contributed by atoms with E-state index in [9.17, 15) is 4.79 Å². The Morgan fingerprint density at radius 3 is 2.55 bits per heavy atom. The summed E-state index contributed by atoms with van der Waals surface area (Å²) in [5.41, 5.74) is 0. The van der Waals surface area contributed by atoms with E-state index < -0.39 is 5.97 Å². The van der Waals surface area contributed by atoms with Crippen LogP contribution in [0.4, 0.5) is 0 Å². The predicted molar refractivity (Wildman–Crippen MR) is 48.4 cm³/mol. The number of ether oxygens (including phenoxy) is 1. The molecule has 0 bridgehead atoms. The van der Waals surface area contributed by atoms with Crippen molar-refractivity contribution in [3.05, 3.63) is 35.9 Å². The third kappa shape index (κ3) is 5.61. The van der Waals surface area contributed by atoms with Crippen molar-refractivity contribution in [1.29, 1.82) is 0 Å². The van der Waals surface area contributed by atoms with Gasteiger partial charge >= 0.3 is 5.97 Å². The number of halogens is 1. The topological polar surface area (TPSA) is 26.3 Å². The summed E-state index contributed by atoms with van der Waals surface area (Å²) in [7, 11) is 0. The molecule has 0 saturated heterocycles. The Balaban J connectivity index is 3.64. The van der Waals surface area contributed by atoms with E-state index >= 15 is 0 Å². The van der Waals surface area contributed by atoms with Crippen LogP contribution in [0.3, 0.4) is 0 Å². The molecule has 0 aliphatic carbocycles. The van der Waals surface area contributed by atoms with Crippen molar-refractivity contribution in [2.45, 2.75) is 0 Å². The van der Waals surface area contributed by atoms with Crippen molar-refractivity contribution in [2.75, 3.05) is 6.61 Å². The maximum absolute atomic E-state index is 10.5. The van der Waals surface area contributed by atoms with Crippen LogP contribution in [0.15, 0.2) is 35.9 Å². The molecule has 0 spiro atoms. The van der Waals surface area contributed by atoms with Gasteiger partial charge < -0.3 is 4.74 Å². The number of carbonyl (C=O) groups is 1. The highest BCUT2D eigenvalue weighted by Crippen LogP contribution is 2.03. The minimum absolute atomic E-state index is 0.234. The van der Waals surface area contributed by atoms with Crippen LogP contribution < -0.4 is 0 Å². The first-order valence-electron chi connectivity index (χ1n) is 2.98. The lowest BCUT2D eigenvalue weighted by Gasteiger charge is -1.95. The van der Waals surface area contributed by atoms with Crippen LogP contribution in [0.2, 0.25) is 0 Å². The second-order valence-electron chi connectivity index (χ2n) is 1.63. The first-order valence-corrected chi connectivity index (χ1v) is 3.77. The van der Waals surface area contributed by atoms with Crippen LogP contribution in [-0.4, -0.2) is 12.6 Å². The number of hydrogen-bond donors (Lipinski definition) is 0. The summed E-state index contributed by atoms with van der Waals surface area (Å²) in [5.74, 6) is -0.425. The van der Waals surface area contributed by atoms with E-state index in [2.05, 4.69) is 33.8 Å². The molecule has 0 N–H and O–H groups in total. The summed E-state index contributed by atoms with van der Waals surface area (Å²) < 4.78 is 5.45. The monoisotopic (exact) mass is 216 g/mol. The summed E-state index contributed by atoms with van der Waals surface area (Å²) >= 11 is 3.17. The van der Waals surface area contributed by atoms with Crippen molar-refractivity contribution >= 4 is 21.9 Å². The van der Waals surface area contributed by atoms with Crippen molar-refractivity contribution in [2.24, 2.45) is 0 Å². The standard InChI is InChI=1S/C8H9BrO2/c1-3-7(9)5-6-11-8(10)4-2/h3-5H,1-2,6H2/b7-5-. The van der Waals surface area contributed by atoms with Gasteiger partial charge in [0.2, 0.25) is 0 Å². The lowest BCUT2D eigenvalue weighted by molar-refractivity contribution is -0.136. The molecule has 2 nitrogen and oxygen atoms in total. The molecule has 0 saturated carbocycles. The van der Waals surface area contributed by atoms with Crippen LogP contribution in [0.1, 0.15) is 0 Å². The zero-order valence-electron chi connectivity index (χ0n) is 6.05. The Morgan fingerprint density at radius 2 is 2.09 bits per heavy atom. The molecule has 0 aromatic heterocycles. The van der Waals surface area contributed by atoms with Gasteiger partial charge in [0.15, 0.2) is 0 Å². The molecule has 0 rings (SSSR count). The van der Waals surface area contributed by atoms with E-state index in [0.717, 1.165) is 10.6 Å². The van der Waals surface area contributed by atoms with Gasteiger partial charge in [-0.05, 0) is 6.08 Å². The normalized spacial score (nSPS) is 10.5. The zero-order chi connectivity index (χ0) is 8.69. The Kier molecular flexibility index (Phi) is 5.47. The van der Waals surface area contributed by atoms with Gasteiger partial charge in [-0.1, -0.05) is 35.2 Å². The van der Waals surface area contributed by atoms with Gasteiger partial charge in [-0.2, -0.15) is 0 Å². The second kappa shape index (κ2) is 5.92. The van der Waals surface area contributed by atoms with E-state index in [1.165, 1.54) is 0 Å². The summed E-state index contributed by atoms with van der Waals surface area (Å²) in [5, 5.41) is 0. The maximum Gasteiger partial charge on any atom is 0.330 e. The average molecular weight is 217 g/mol. The zero-order valence-corrected chi connectivity index (χ0v) is 7.63. The highest BCUT2D eigenvalue weighted by molar-refractivity contribution is 9.11. The first kappa shape index (κ1) is 10.2. The van der Waals surface area contributed by atoms with Crippen LogP contribution >= 0.6 is 15.9 Å². The van der Waals surface area contributed by atoms with E-state index in [0.29, 0.717) is 0 Å². The highest BCUT2D eigenvalue weighted by Gasteiger charge is 1.91. The molecule has 0 amide bonds. The molecule has 60 valence electrons. The van der Waals surface area contributed by atoms with Gasteiger partial charge in [0.05, 0.1) is 0 Å². The Bertz CT molecular complexity index is 194. The van der Waals surface area contributed by atoms with E-state index in [-0.39, 0.29) is 6.61 Å². The van der Waals surface area contributed by atoms with Gasteiger partial charge in [-0.15, -0.1) is 0 Å². The number of rotatable bonds is 4. The van der Waals surface area contributed by atoms with Crippen LogP contribution in [0, 0.1) is 0 Å². The molecule has 0 atom stereocenters. The molecule has 0 heterocycles. The molecular weight excluding hydrogens is 208 g/mol. The lowest BCUT2D eigenvalue weighted by atomic mass is 10.5. The fourth-order valence-electron chi connectivity index (χ4n) is 0.346. The van der Waals surface area contributed by atoms with E-state index in [1.54, 1.807) is 12.2 Å². The Morgan fingerprint density at radius 1 is 1.45 bits per heavy atom. The summed E-state index contributed by atoms with van der Waals surface area (Å²) in [6.07, 6.45) is 4.42. The summed E-state index contributed by atoms with van der Waals surface area (Å²) in [6, 6.07) is 0.